The third-order valence-corrected chi connectivity index (χ3v) is 4.23. The number of halogens is 1. The minimum Gasteiger partial charge on any atom is -0.452 e. The fourth-order valence-electron chi connectivity index (χ4n) is 2.90. The van der Waals surface area contributed by atoms with Gasteiger partial charge >= 0.3 is 12.0 Å². The molecule has 27 heavy (non-hydrogen) atoms. The topological polar surface area (TPSA) is 102 Å². The molecule has 1 aromatic rings. The first-order valence-electron chi connectivity index (χ1n) is 8.86. The first kappa shape index (κ1) is 22.8. The maximum Gasteiger partial charge on any atom is 0.312 e. The van der Waals surface area contributed by atoms with Crippen molar-refractivity contribution in [2.24, 2.45) is 5.73 Å². The lowest BCUT2D eigenvalue weighted by molar-refractivity contribution is -0.161. The maximum atomic E-state index is 12.6. The van der Waals surface area contributed by atoms with Crippen molar-refractivity contribution < 1.29 is 19.1 Å². The van der Waals surface area contributed by atoms with Crippen LogP contribution in [0.25, 0.3) is 0 Å². The summed E-state index contributed by atoms with van der Waals surface area (Å²) in [5.41, 5.74) is 5.86. The molecular weight excluding hydrogens is 370 g/mol. The lowest BCUT2D eigenvalue weighted by Gasteiger charge is -2.32. The quantitative estimate of drug-likeness (QED) is 0.658. The van der Waals surface area contributed by atoms with Gasteiger partial charge in [-0.2, -0.15) is 0 Å². The van der Waals surface area contributed by atoms with Crippen molar-refractivity contribution in [3.63, 3.8) is 0 Å². The van der Waals surface area contributed by atoms with Crippen LogP contribution in [-0.2, 0) is 14.3 Å². The van der Waals surface area contributed by atoms with Gasteiger partial charge in [0.25, 0.3) is 5.91 Å². The Balaban J connectivity index is 2.82. The Bertz CT molecular complexity index is 653. The zero-order valence-electron chi connectivity index (χ0n) is 16.4. The van der Waals surface area contributed by atoms with Crippen molar-refractivity contribution in [2.45, 2.75) is 65.3 Å². The summed E-state index contributed by atoms with van der Waals surface area (Å²) in [5, 5.41) is 3.04. The van der Waals surface area contributed by atoms with E-state index in [1.54, 1.807) is 29.2 Å². The monoisotopic (exact) mass is 397 g/mol. The number of nitrogens with zero attached hydrogens (tertiary/aromatic N) is 1. The molecule has 0 radical (unpaired) electrons. The summed E-state index contributed by atoms with van der Waals surface area (Å²) >= 11 is 5.87. The Morgan fingerprint density at radius 3 is 2.04 bits per heavy atom. The van der Waals surface area contributed by atoms with Gasteiger partial charge in [-0.1, -0.05) is 23.7 Å². The summed E-state index contributed by atoms with van der Waals surface area (Å²) < 4.78 is 5.30. The van der Waals surface area contributed by atoms with Crippen LogP contribution in [0.2, 0.25) is 5.02 Å². The van der Waals surface area contributed by atoms with Gasteiger partial charge in [-0.25, -0.2) is 4.79 Å². The van der Waals surface area contributed by atoms with Crippen molar-refractivity contribution in [3.8, 4) is 0 Å². The van der Waals surface area contributed by atoms with E-state index in [0.29, 0.717) is 10.6 Å². The molecule has 0 aliphatic heterocycles. The van der Waals surface area contributed by atoms with E-state index in [0.717, 1.165) is 0 Å². The van der Waals surface area contributed by atoms with Gasteiger partial charge < -0.3 is 20.7 Å². The number of urea groups is 1. The van der Waals surface area contributed by atoms with Gasteiger partial charge in [0, 0.05) is 17.1 Å². The van der Waals surface area contributed by atoms with Crippen LogP contribution < -0.4 is 11.1 Å². The second kappa shape index (κ2) is 10.2. The number of hydrogen-bond donors (Lipinski definition) is 2. The van der Waals surface area contributed by atoms with Crippen molar-refractivity contribution in [1.82, 2.24) is 10.2 Å². The number of amides is 3. The number of rotatable bonds is 8. The Morgan fingerprint density at radius 2 is 1.59 bits per heavy atom. The lowest BCUT2D eigenvalue weighted by Crippen LogP contribution is -2.47. The molecule has 0 aliphatic carbocycles. The van der Waals surface area contributed by atoms with Crippen LogP contribution in [0.3, 0.4) is 0 Å². The fourth-order valence-corrected chi connectivity index (χ4v) is 3.02. The van der Waals surface area contributed by atoms with Crippen molar-refractivity contribution in [1.29, 1.82) is 0 Å². The van der Waals surface area contributed by atoms with Crippen LogP contribution in [0.1, 0.15) is 52.6 Å². The van der Waals surface area contributed by atoms with Gasteiger partial charge in [0.15, 0.2) is 6.10 Å². The molecule has 7 nitrogen and oxygen atoms in total. The molecule has 3 N–H and O–H groups in total. The number of esters is 1. The van der Waals surface area contributed by atoms with Crippen LogP contribution in [0.15, 0.2) is 24.3 Å². The predicted octanol–water partition coefficient (Wildman–Crippen LogP) is 3.02. The summed E-state index contributed by atoms with van der Waals surface area (Å²) in [4.78, 5) is 37.9. The highest BCUT2D eigenvalue weighted by Gasteiger charge is 2.28. The number of primary amides is 1. The molecule has 0 fully saturated rings. The SMILES string of the molecule is CC(C)N(C(=O)[C@H](C)OC(=O)C[C@H](NC(N)=O)c1ccc(Cl)cc1)C(C)C. The number of hydrogen-bond acceptors (Lipinski definition) is 4. The largest absolute Gasteiger partial charge is 0.452 e. The molecule has 8 heteroatoms. The standard InChI is InChI=1S/C19H28ClN3O4/c1-11(2)23(12(3)4)18(25)13(5)27-17(24)10-16(22-19(21)26)14-6-8-15(20)9-7-14/h6-9,11-13,16H,10H2,1-5H3,(H3,21,22,26)/t13-,16-/m0/s1. The zero-order chi connectivity index (χ0) is 20.7. The van der Waals surface area contributed by atoms with Gasteiger partial charge in [-0.15, -0.1) is 0 Å². The van der Waals surface area contributed by atoms with Crippen LogP contribution in [0, 0.1) is 0 Å². The number of carbonyl (C=O) groups is 3. The molecule has 1 rings (SSSR count). The molecule has 0 aromatic heterocycles. The highest BCUT2D eigenvalue weighted by atomic mass is 35.5. The van der Waals surface area contributed by atoms with E-state index < -0.39 is 24.1 Å². The van der Waals surface area contributed by atoms with Crippen LogP contribution in [0.5, 0.6) is 0 Å². The average Bonchev–Trinajstić information content (AvgIpc) is 2.53. The summed E-state index contributed by atoms with van der Waals surface area (Å²) in [6.07, 6.45) is -1.09. The van der Waals surface area contributed by atoms with Crippen molar-refractivity contribution in [3.05, 3.63) is 34.9 Å². The fraction of sp³-hybridized carbons (Fsp3) is 0.526. The van der Waals surface area contributed by atoms with Crippen LogP contribution >= 0.6 is 11.6 Å². The summed E-state index contributed by atoms with van der Waals surface area (Å²) in [5.74, 6) is -0.878. The minimum atomic E-state index is -0.929. The Kier molecular flexibility index (Phi) is 8.56. The normalized spacial score (nSPS) is 13.2. The van der Waals surface area contributed by atoms with Gasteiger partial charge in [0.05, 0.1) is 12.5 Å². The highest BCUT2D eigenvalue weighted by Crippen LogP contribution is 2.20. The van der Waals surface area contributed by atoms with Gasteiger partial charge in [-0.05, 0) is 52.3 Å². The number of nitrogens with two attached hydrogens (primary N) is 1. The molecule has 0 spiro atoms. The first-order valence-corrected chi connectivity index (χ1v) is 9.23. The predicted molar refractivity (Wildman–Crippen MR) is 104 cm³/mol. The molecule has 0 saturated carbocycles. The van der Waals surface area contributed by atoms with Crippen LogP contribution in [0.4, 0.5) is 4.79 Å². The molecule has 0 aliphatic rings. The van der Waals surface area contributed by atoms with Gasteiger partial charge in [0.2, 0.25) is 0 Å². The third kappa shape index (κ3) is 7.09. The molecule has 0 heterocycles. The first-order chi connectivity index (χ1) is 12.5. The van der Waals surface area contributed by atoms with E-state index in [1.807, 2.05) is 27.7 Å². The molecule has 150 valence electrons. The van der Waals surface area contributed by atoms with E-state index in [1.165, 1.54) is 6.92 Å². The van der Waals surface area contributed by atoms with E-state index in [-0.39, 0.29) is 24.4 Å². The number of benzene rings is 1. The molecular formula is C19H28ClN3O4. The van der Waals surface area contributed by atoms with Crippen LogP contribution in [-0.4, -0.2) is 41.0 Å². The zero-order valence-corrected chi connectivity index (χ0v) is 17.1. The van der Waals surface area contributed by atoms with Gasteiger partial charge in [-0.3, -0.25) is 9.59 Å². The smallest absolute Gasteiger partial charge is 0.312 e. The summed E-state index contributed by atoms with van der Waals surface area (Å²) in [6, 6.07) is 5.18. The van der Waals surface area contributed by atoms with Crippen molar-refractivity contribution in [2.75, 3.05) is 0 Å². The van der Waals surface area contributed by atoms with E-state index >= 15 is 0 Å². The van der Waals surface area contributed by atoms with Gasteiger partial charge in [0.1, 0.15) is 0 Å². The summed E-state index contributed by atoms with van der Waals surface area (Å²) in [6.45, 7) is 9.15. The highest BCUT2D eigenvalue weighted by molar-refractivity contribution is 6.30. The second-order valence-corrected chi connectivity index (χ2v) is 7.32. The van der Waals surface area contributed by atoms with Crippen molar-refractivity contribution >= 4 is 29.5 Å². The molecule has 0 bridgehead atoms. The minimum absolute atomic E-state index is 0.0167. The molecule has 1 aromatic carbocycles. The summed E-state index contributed by atoms with van der Waals surface area (Å²) in [7, 11) is 0. The van der Waals surface area contributed by atoms with E-state index in [2.05, 4.69) is 5.32 Å². The number of ether oxygens (including phenoxy) is 1. The molecule has 0 saturated heterocycles. The van der Waals surface area contributed by atoms with E-state index in [9.17, 15) is 14.4 Å². The number of carbonyl (C=O) groups excluding carboxylic acids is 3. The second-order valence-electron chi connectivity index (χ2n) is 6.88. The number of nitrogens with one attached hydrogen (secondary N) is 1. The Morgan fingerprint density at radius 1 is 1.07 bits per heavy atom. The third-order valence-electron chi connectivity index (χ3n) is 3.98. The van der Waals surface area contributed by atoms with E-state index in [4.69, 9.17) is 22.1 Å². The molecule has 0 unspecified atom stereocenters. The Labute approximate surface area is 165 Å². The molecule has 3 amide bonds. The lowest BCUT2D eigenvalue weighted by atomic mass is 10.0. The Hall–Kier alpha value is -2.28. The maximum absolute atomic E-state index is 12.6. The molecule has 2 atom stereocenters. The average molecular weight is 398 g/mol.